The van der Waals surface area contributed by atoms with Crippen molar-refractivity contribution in [3.63, 3.8) is 0 Å². The monoisotopic (exact) mass is 338 g/mol. The van der Waals surface area contributed by atoms with Gasteiger partial charge in [-0.1, -0.05) is 68.9 Å². The van der Waals surface area contributed by atoms with E-state index in [1.165, 1.54) is 0 Å². The van der Waals surface area contributed by atoms with Gasteiger partial charge in [0.1, 0.15) is 5.41 Å². The Morgan fingerprint density at radius 3 is 2.30 bits per heavy atom. The molecule has 128 valence electrons. The van der Waals surface area contributed by atoms with E-state index >= 15 is 0 Å². The van der Waals surface area contributed by atoms with Crippen molar-refractivity contribution in [2.75, 3.05) is 6.16 Å². The van der Waals surface area contributed by atoms with Crippen molar-refractivity contribution >= 4 is 14.0 Å². The minimum Gasteiger partial charge on any atom is -0.596 e. The van der Waals surface area contributed by atoms with Crippen LogP contribution >= 0.6 is 8.03 Å². The second kappa shape index (κ2) is 9.14. The summed E-state index contributed by atoms with van der Waals surface area (Å²) in [4.78, 5) is 23.3. The van der Waals surface area contributed by atoms with E-state index in [4.69, 9.17) is 0 Å². The van der Waals surface area contributed by atoms with Gasteiger partial charge >= 0.3 is 14.0 Å². The van der Waals surface area contributed by atoms with Gasteiger partial charge in [-0.15, -0.1) is 0 Å². The Labute approximate surface area is 139 Å². The molecule has 0 aromatic heterocycles. The van der Waals surface area contributed by atoms with Gasteiger partial charge in [0.2, 0.25) is 0 Å². The summed E-state index contributed by atoms with van der Waals surface area (Å²) in [5.41, 5.74) is 0.400. The van der Waals surface area contributed by atoms with E-state index in [-0.39, 0.29) is 6.16 Å². The van der Waals surface area contributed by atoms with Crippen LogP contribution in [0.5, 0.6) is 0 Å². The van der Waals surface area contributed by atoms with Gasteiger partial charge in [-0.2, -0.15) is 0 Å². The summed E-state index contributed by atoms with van der Waals surface area (Å²) < 4.78 is 11.3. The van der Waals surface area contributed by atoms with Gasteiger partial charge in [-0.05, 0) is 29.9 Å². The van der Waals surface area contributed by atoms with Gasteiger partial charge in [0.25, 0.3) is 0 Å². The lowest BCUT2D eigenvalue weighted by atomic mass is 9.77. The molecule has 0 radical (unpaired) electrons. The number of rotatable bonds is 10. The summed E-state index contributed by atoms with van der Waals surface area (Å²) in [6.07, 6.45) is 3.50. The van der Waals surface area contributed by atoms with Crippen LogP contribution in [0.2, 0.25) is 0 Å². The largest absolute Gasteiger partial charge is 0.596 e. The van der Waals surface area contributed by atoms with E-state index in [9.17, 15) is 19.4 Å². The molecule has 1 aromatic rings. The van der Waals surface area contributed by atoms with Crippen molar-refractivity contribution in [2.45, 2.75) is 58.3 Å². The molecule has 0 aliphatic rings. The van der Waals surface area contributed by atoms with E-state index < -0.39 is 19.4 Å². The predicted molar refractivity (Wildman–Crippen MR) is 90.9 cm³/mol. The minimum absolute atomic E-state index is 0.342. The lowest BCUT2D eigenvalue weighted by Gasteiger charge is -2.27. The van der Waals surface area contributed by atoms with Crippen LogP contribution in [0.15, 0.2) is 24.3 Å². The molecule has 0 bridgehead atoms. The van der Waals surface area contributed by atoms with Crippen molar-refractivity contribution in [3.05, 3.63) is 35.4 Å². The van der Waals surface area contributed by atoms with Crippen LogP contribution < -0.4 is 4.89 Å². The fourth-order valence-electron chi connectivity index (χ4n) is 2.94. The van der Waals surface area contributed by atoms with Crippen molar-refractivity contribution < 1.29 is 19.4 Å². The highest BCUT2D eigenvalue weighted by Gasteiger charge is 2.44. The molecule has 2 atom stereocenters. The molecule has 1 rings (SSSR count). The van der Waals surface area contributed by atoms with Crippen LogP contribution in [0, 0.1) is 5.92 Å². The standard InChI is InChI=1S/C18H27O4P/c1-4-5-6-11-18(17(19)20,13-23(21)22)16-9-7-15(8-10-16)12-14(2)3/h7-10,14H,4-6,11-13H2,1-3H3,(H,19,20). The van der Waals surface area contributed by atoms with Crippen molar-refractivity contribution in [2.24, 2.45) is 5.92 Å². The number of hydrogen-bond donors (Lipinski definition) is 1. The first-order chi connectivity index (χ1) is 10.8. The molecule has 5 heteroatoms. The summed E-state index contributed by atoms with van der Waals surface area (Å²) in [6.45, 7) is 6.29. The number of benzene rings is 1. The van der Waals surface area contributed by atoms with Gasteiger partial charge in [-0.25, -0.2) is 0 Å². The molecule has 0 heterocycles. The zero-order chi connectivity index (χ0) is 17.5. The summed E-state index contributed by atoms with van der Waals surface area (Å²) in [5.74, 6) is -0.532. The van der Waals surface area contributed by atoms with Gasteiger partial charge < -0.3 is 10.00 Å². The topological polar surface area (TPSA) is 77.4 Å². The Hall–Kier alpha value is -1.25. The SMILES string of the molecule is CCCCCC(C[P+](=O)[O-])(C(=O)O)c1ccc(CC(C)C)cc1. The Balaban J connectivity index is 3.14. The highest BCUT2D eigenvalue weighted by atomic mass is 31.1. The number of carboxylic acids is 1. The Morgan fingerprint density at radius 2 is 1.87 bits per heavy atom. The maximum Gasteiger partial charge on any atom is 0.318 e. The molecule has 23 heavy (non-hydrogen) atoms. The molecule has 1 aromatic carbocycles. The zero-order valence-electron chi connectivity index (χ0n) is 14.2. The lowest BCUT2D eigenvalue weighted by molar-refractivity contribution is -0.167. The van der Waals surface area contributed by atoms with Crippen molar-refractivity contribution in [1.82, 2.24) is 0 Å². The third kappa shape index (κ3) is 5.71. The predicted octanol–water partition coefficient (Wildman–Crippen LogP) is 3.89. The molecule has 4 nitrogen and oxygen atoms in total. The average molecular weight is 338 g/mol. The van der Waals surface area contributed by atoms with E-state index in [1.54, 1.807) is 12.1 Å². The number of carboxylic acid groups (broad SMARTS) is 1. The molecular formula is C18H27O4P. The summed E-state index contributed by atoms with van der Waals surface area (Å²) in [7, 11) is -2.77. The molecule has 0 fully saturated rings. The first-order valence-electron chi connectivity index (χ1n) is 8.26. The van der Waals surface area contributed by atoms with Gasteiger partial charge in [0, 0.05) is 0 Å². The maximum atomic E-state index is 11.9. The molecule has 0 saturated carbocycles. The molecule has 2 unspecified atom stereocenters. The maximum absolute atomic E-state index is 11.9. The highest BCUT2D eigenvalue weighted by Crippen LogP contribution is 2.36. The molecular weight excluding hydrogens is 311 g/mol. The molecule has 0 aliphatic carbocycles. The number of aliphatic carboxylic acids is 1. The number of unbranched alkanes of at least 4 members (excludes halogenated alkanes) is 2. The van der Waals surface area contributed by atoms with E-state index in [1.807, 2.05) is 19.1 Å². The fourth-order valence-corrected chi connectivity index (χ4v) is 3.86. The van der Waals surface area contributed by atoms with Crippen LogP contribution in [-0.2, 0) is 21.2 Å². The normalized spacial score (nSPS) is 14.6. The zero-order valence-corrected chi connectivity index (χ0v) is 15.1. The summed E-state index contributed by atoms with van der Waals surface area (Å²) >= 11 is 0. The van der Waals surface area contributed by atoms with Crippen LogP contribution in [0.3, 0.4) is 0 Å². The second-order valence-electron chi connectivity index (χ2n) is 6.63. The summed E-state index contributed by atoms with van der Waals surface area (Å²) in [6, 6.07) is 7.42. The third-order valence-corrected chi connectivity index (χ3v) is 4.96. The molecule has 1 N–H and O–H groups in total. The molecule has 0 amide bonds. The van der Waals surface area contributed by atoms with Crippen LogP contribution in [0.4, 0.5) is 0 Å². The quantitative estimate of drug-likeness (QED) is 0.518. The Morgan fingerprint density at radius 1 is 1.26 bits per heavy atom. The number of hydrogen-bond acceptors (Lipinski definition) is 3. The Kier molecular flexibility index (Phi) is 7.87. The van der Waals surface area contributed by atoms with Gasteiger partial charge in [0.05, 0.1) is 0 Å². The lowest BCUT2D eigenvalue weighted by Crippen LogP contribution is -2.39. The Bertz CT molecular complexity index is 524. The summed E-state index contributed by atoms with van der Waals surface area (Å²) in [5, 5.41) is 9.77. The smallest absolute Gasteiger partial charge is 0.318 e. The number of carbonyl (C=O) groups is 1. The van der Waals surface area contributed by atoms with E-state index in [2.05, 4.69) is 13.8 Å². The van der Waals surface area contributed by atoms with Crippen LogP contribution in [-0.4, -0.2) is 17.2 Å². The van der Waals surface area contributed by atoms with Crippen molar-refractivity contribution in [1.29, 1.82) is 0 Å². The van der Waals surface area contributed by atoms with Crippen molar-refractivity contribution in [3.8, 4) is 0 Å². The first kappa shape index (κ1) is 19.8. The third-order valence-electron chi connectivity index (χ3n) is 4.17. The molecule has 0 saturated heterocycles. The van der Waals surface area contributed by atoms with Crippen LogP contribution in [0.25, 0.3) is 0 Å². The van der Waals surface area contributed by atoms with Gasteiger partial charge in [-0.3, -0.25) is 4.79 Å². The van der Waals surface area contributed by atoms with E-state index in [0.717, 1.165) is 24.8 Å². The highest BCUT2D eigenvalue weighted by molar-refractivity contribution is 7.36. The molecule has 0 aliphatic heterocycles. The van der Waals surface area contributed by atoms with Crippen LogP contribution in [0.1, 0.15) is 57.6 Å². The average Bonchev–Trinajstić information content (AvgIpc) is 2.46. The minimum atomic E-state index is -2.77. The second-order valence-corrected chi connectivity index (χ2v) is 7.61. The molecule has 0 spiro atoms. The fraction of sp³-hybridized carbons (Fsp3) is 0.611. The van der Waals surface area contributed by atoms with Gasteiger partial charge in [0.15, 0.2) is 6.16 Å². The van der Waals surface area contributed by atoms with E-state index in [0.29, 0.717) is 24.3 Å². The first-order valence-corrected chi connectivity index (χ1v) is 9.62.